The van der Waals surface area contributed by atoms with Crippen molar-refractivity contribution in [1.82, 2.24) is 9.80 Å². The van der Waals surface area contributed by atoms with Crippen LogP contribution in [0.15, 0.2) is 18.2 Å². The van der Waals surface area contributed by atoms with Gasteiger partial charge in [-0.1, -0.05) is 0 Å². The highest BCUT2D eigenvalue weighted by molar-refractivity contribution is 5.95. The number of anilines is 1. The van der Waals surface area contributed by atoms with E-state index in [9.17, 15) is 22.4 Å². The van der Waals surface area contributed by atoms with Crippen molar-refractivity contribution >= 4 is 11.6 Å². The van der Waals surface area contributed by atoms with Crippen LogP contribution in [0.4, 0.5) is 23.2 Å². The molecule has 1 amide bonds. The van der Waals surface area contributed by atoms with E-state index in [0.29, 0.717) is 0 Å². The monoisotopic (exact) mass is 305 g/mol. The molecule has 0 spiro atoms. The molecule has 8 heteroatoms. The van der Waals surface area contributed by atoms with E-state index in [1.807, 2.05) is 0 Å². The molecule has 1 saturated heterocycles. The number of carbonyl (C=O) groups is 1. The summed E-state index contributed by atoms with van der Waals surface area (Å²) in [6.07, 6.45) is -4.24. The first-order valence-electron chi connectivity index (χ1n) is 6.40. The number of nitrogens with zero attached hydrogens (tertiary/aromatic N) is 2. The summed E-state index contributed by atoms with van der Waals surface area (Å²) in [7, 11) is 0. The van der Waals surface area contributed by atoms with Crippen LogP contribution in [0.5, 0.6) is 0 Å². The van der Waals surface area contributed by atoms with Crippen LogP contribution in [0.1, 0.15) is 10.4 Å². The van der Waals surface area contributed by atoms with E-state index in [1.54, 1.807) is 0 Å². The molecule has 4 nitrogen and oxygen atoms in total. The molecule has 0 atom stereocenters. The normalized spacial score (nSPS) is 17.0. The molecular formula is C13H15F4N3O. The van der Waals surface area contributed by atoms with Gasteiger partial charge in [-0.05, 0) is 18.2 Å². The van der Waals surface area contributed by atoms with Gasteiger partial charge in [0.2, 0.25) is 0 Å². The second-order valence-electron chi connectivity index (χ2n) is 4.92. The number of benzene rings is 1. The minimum absolute atomic E-state index is 0.128. The molecule has 0 saturated carbocycles. The average Bonchev–Trinajstić information content (AvgIpc) is 2.40. The molecular weight excluding hydrogens is 290 g/mol. The van der Waals surface area contributed by atoms with Gasteiger partial charge in [0.1, 0.15) is 5.82 Å². The van der Waals surface area contributed by atoms with Gasteiger partial charge in [0.15, 0.2) is 0 Å². The molecule has 1 fully saturated rings. The van der Waals surface area contributed by atoms with Crippen molar-refractivity contribution in [2.75, 3.05) is 38.5 Å². The third-order valence-corrected chi connectivity index (χ3v) is 3.31. The minimum atomic E-state index is -4.24. The number of nitrogen functional groups attached to an aromatic ring is 1. The van der Waals surface area contributed by atoms with Crippen LogP contribution in [-0.4, -0.2) is 54.6 Å². The first kappa shape index (κ1) is 15.6. The lowest BCUT2D eigenvalue weighted by molar-refractivity contribution is -0.148. The van der Waals surface area contributed by atoms with E-state index in [-0.39, 0.29) is 43.3 Å². The highest BCUT2D eigenvalue weighted by Crippen LogP contribution is 2.19. The number of carbonyl (C=O) groups excluding carboxylic acids is 1. The van der Waals surface area contributed by atoms with E-state index in [2.05, 4.69) is 0 Å². The van der Waals surface area contributed by atoms with Gasteiger partial charge in [0.25, 0.3) is 5.91 Å². The van der Waals surface area contributed by atoms with Gasteiger partial charge >= 0.3 is 6.18 Å². The SMILES string of the molecule is Nc1cc(C(=O)N2CCN(CC(F)(F)F)CC2)ccc1F. The molecule has 1 aromatic carbocycles. The second-order valence-corrected chi connectivity index (χ2v) is 4.92. The van der Waals surface area contributed by atoms with Crippen molar-refractivity contribution in [1.29, 1.82) is 0 Å². The largest absolute Gasteiger partial charge is 0.401 e. The van der Waals surface area contributed by atoms with E-state index < -0.39 is 18.5 Å². The van der Waals surface area contributed by atoms with Gasteiger partial charge in [-0.15, -0.1) is 0 Å². The van der Waals surface area contributed by atoms with Gasteiger partial charge in [-0.2, -0.15) is 13.2 Å². The van der Waals surface area contributed by atoms with Crippen molar-refractivity contribution in [3.63, 3.8) is 0 Å². The number of halogens is 4. The van der Waals surface area contributed by atoms with E-state index >= 15 is 0 Å². The number of hydrogen-bond donors (Lipinski definition) is 1. The zero-order valence-electron chi connectivity index (χ0n) is 11.2. The number of hydrogen-bond acceptors (Lipinski definition) is 3. The lowest BCUT2D eigenvalue weighted by atomic mass is 10.1. The molecule has 0 aromatic heterocycles. The number of piperazine rings is 1. The summed E-state index contributed by atoms with van der Waals surface area (Å²) in [4.78, 5) is 14.9. The Morgan fingerprint density at radius 1 is 1.19 bits per heavy atom. The summed E-state index contributed by atoms with van der Waals surface area (Å²) < 4.78 is 49.9. The Balaban J connectivity index is 1.95. The second kappa shape index (κ2) is 5.88. The van der Waals surface area contributed by atoms with Crippen LogP contribution >= 0.6 is 0 Å². The van der Waals surface area contributed by atoms with Gasteiger partial charge in [-0.25, -0.2) is 4.39 Å². The molecule has 21 heavy (non-hydrogen) atoms. The molecule has 1 aromatic rings. The van der Waals surface area contributed by atoms with E-state index in [0.717, 1.165) is 6.07 Å². The van der Waals surface area contributed by atoms with Gasteiger partial charge in [-0.3, -0.25) is 9.69 Å². The smallest absolute Gasteiger partial charge is 0.396 e. The van der Waals surface area contributed by atoms with Crippen LogP contribution in [0.25, 0.3) is 0 Å². The summed E-state index contributed by atoms with van der Waals surface area (Å²) in [6.45, 7) is -0.263. The molecule has 2 rings (SSSR count). The van der Waals surface area contributed by atoms with E-state index in [4.69, 9.17) is 5.73 Å². The molecule has 0 aliphatic carbocycles. The maximum absolute atomic E-state index is 13.1. The van der Waals surface area contributed by atoms with Crippen LogP contribution in [-0.2, 0) is 0 Å². The van der Waals surface area contributed by atoms with E-state index in [1.165, 1.54) is 21.9 Å². The molecule has 2 N–H and O–H groups in total. The van der Waals surface area contributed by atoms with Crippen LogP contribution in [0.2, 0.25) is 0 Å². The fourth-order valence-corrected chi connectivity index (χ4v) is 2.22. The first-order valence-corrected chi connectivity index (χ1v) is 6.40. The van der Waals surface area contributed by atoms with Crippen molar-refractivity contribution in [2.24, 2.45) is 0 Å². The number of amides is 1. The molecule has 1 heterocycles. The summed E-state index contributed by atoms with van der Waals surface area (Å²) in [5.74, 6) is -0.963. The van der Waals surface area contributed by atoms with Crippen molar-refractivity contribution in [2.45, 2.75) is 6.18 Å². The lowest BCUT2D eigenvalue weighted by Crippen LogP contribution is -2.50. The predicted molar refractivity (Wildman–Crippen MR) is 69.2 cm³/mol. The average molecular weight is 305 g/mol. The van der Waals surface area contributed by atoms with Crippen molar-refractivity contribution in [3.05, 3.63) is 29.6 Å². The fourth-order valence-electron chi connectivity index (χ4n) is 2.22. The lowest BCUT2D eigenvalue weighted by Gasteiger charge is -2.35. The van der Waals surface area contributed by atoms with Crippen molar-refractivity contribution in [3.8, 4) is 0 Å². The quantitative estimate of drug-likeness (QED) is 0.669. The highest BCUT2D eigenvalue weighted by atomic mass is 19.4. The van der Waals surface area contributed by atoms with Crippen LogP contribution in [0, 0.1) is 5.82 Å². The Labute approximate surface area is 119 Å². The maximum atomic E-state index is 13.1. The Hall–Kier alpha value is -1.83. The first-order chi connectivity index (χ1) is 9.76. The molecule has 0 unspecified atom stereocenters. The molecule has 1 aliphatic heterocycles. The highest BCUT2D eigenvalue weighted by Gasteiger charge is 2.33. The van der Waals surface area contributed by atoms with Crippen LogP contribution < -0.4 is 5.73 Å². The zero-order chi connectivity index (χ0) is 15.6. The Kier molecular flexibility index (Phi) is 4.36. The fraction of sp³-hybridized carbons (Fsp3) is 0.462. The van der Waals surface area contributed by atoms with Gasteiger partial charge in [0.05, 0.1) is 12.2 Å². The topological polar surface area (TPSA) is 49.6 Å². The third kappa shape index (κ3) is 4.07. The van der Waals surface area contributed by atoms with Gasteiger partial charge < -0.3 is 10.6 Å². The number of nitrogens with two attached hydrogens (primary N) is 1. The Bertz CT molecular complexity index is 525. The predicted octanol–water partition coefficient (Wildman–Crippen LogP) is 1.73. The van der Waals surface area contributed by atoms with Gasteiger partial charge in [0, 0.05) is 31.7 Å². The summed E-state index contributed by atoms with van der Waals surface area (Å²) in [5.41, 5.74) is 5.51. The summed E-state index contributed by atoms with van der Waals surface area (Å²) >= 11 is 0. The van der Waals surface area contributed by atoms with Crippen LogP contribution in [0.3, 0.4) is 0 Å². The Morgan fingerprint density at radius 3 is 2.33 bits per heavy atom. The molecule has 116 valence electrons. The standard InChI is InChI=1S/C13H15F4N3O/c14-10-2-1-9(7-11(10)18)12(21)20-5-3-19(4-6-20)8-13(15,16)17/h1-2,7H,3-6,8,18H2. The summed E-state index contributed by atoms with van der Waals surface area (Å²) in [5, 5.41) is 0. The number of rotatable bonds is 2. The maximum Gasteiger partial charge on any atom is 0.401 e. The molecule has 0 bridgehead atoms. The summed E-state index contributed by atoms with van der Waals surface area (Å²) in [6, 6.07) is 3.65. The Morgan fingerprint density at radius 2 is 1.81 bits per heavy atom. The number of alkyl halides is 3. The zero-order valence-corrected chi connectivity index (χ0v) is 11.2. The molecule has 0 radical (unpaired) electrons. The third-order valence-electron chi connectivity index (χ3n) is 3.31. The minimum Gasteiger partial charge on any atom is -0.396 e. The van der Waals surface area contributed by atoms with Crippen molar-refractivity contribution < 1.29 is 22.4 Å². The molecule has 1 aliphatic rings.